The van der Waals surface area contributed by atoms with E-state index in [0.29, 0.717) is 5.69 Å². The number of esters is 1. The lowest BCUT2D eigenvalue weighted by Gasteiger charge is -2.36. The monoisotopic (exact) mass is 593 g/mol. The van der Waals surface area contributed by atoms with Crippen LogP contribution in [0.25, 0.3) is 25.9 Å². The van der Waals surface area contributed by atoms with Crippen molar-refractivity contribution < 1.29 is 14.3 Å². The van der Waals surface area contributed by atoms with E-state index < -0.39 is 5.97 Å². The van der Waals surface area contributed by atoms with Gasteiger partial charge in [-0.2, -0.15) is 4.68 Å². The molecule has 1 fully saturated rings. The lowest BCUT2D eigenvalue weighted by Crippen LogP contribution is -2.35. The van der Waals surface area contributed by atoms with E-state index in [2.05, 4.69) is 69.8 Å². The fourth-order valence-electron chi connectivity index (χ4n) is 5.75. The lowest BCUT2D eigenvalue weighted by atomic mass is 9.89. The maximum atomic E-state index is 13.9. The summed E-state index contributed by atoms with van der Waals surface area (Å²) in [7, 11) is 0. The van der Waals surface area contributed by atoms with Crippen LogP contribution < -0.4 is 0 Å². The Morgan fingerprint density at radius 3 is 2.62 bits per heavy atom. The van der Waals surface area contributed by atoms with Crippen molar-refractivity contribution in [3.05, 3.63) is 101 Å². The molecule has 2 aliphatic heterocycles. The van der Waals surface area contributed by atoms with Crippen LogP contribution in [0.5, 0.6) is 0 Å². The van der Waals surface area contributed by atoms with Gasteiger partial charge in [-0.1, -0.05) is 71.6 Å². The highest BCUT2D eigenvalue weighted by atomic mass is 32.2. The minimum absolute atomic E-state index is 0.0497. The summed E-state index contributed by atoms with van der Waals surface area (Å²) in [6.07, 6.45) is 0.0573. The predicted octanol–water partition coefficient (Wildman–Crippen LogP) is 6.73. The summed E-state index contributed by atoms with van der Waals surface area (Å²) in [5.74, 6) is 0.0561. The highest BCUT2D eigenvalue weighted by Gasteiger charge is 2.38. The molecule has 7 rings (SSSR count). The average Bonchev–Trinajstić information content (AvgIpc) is 3.73. The molecule has 1 unspecified atom stereocenters. The van der Waals surface area contributed by atoms with Crippen LogP contribution in [0.2, 0.25) is 0 Å². The standard InChI is InChI=1S/C32H27N5O3S2/c1-3-40-31(39)28-19(2)37(35-34-28)27(38)18-24-29(21-13-14-26-23(17-21)22-11-7-8-12-25(22)42-26)33-32-36(15-16-41-32)30(24)20-9-5-4-6-10-20/h4-14,17,30H,3,15-16,18H2,1-2H3. The number of ether oxygens (including phenoxy) is 1. The summed E-state index contributed by atoms with van der Waals surface area (Å²) in [6.45, 7) is 4.44. The van der Waals surface area contributed by atoms with Crippen molar-refractivity contribution in [3.63, 3.8) is 0 Å². The summed E-state index contributed by atoms with van der Waals surface area (Å²) in [6, 6.07) is 25.0. The van der Waals surface area contributed by atoms with E-state index in [0.717, 1.165) is 39.9 Å². The first-order valence-electron chi connectivity index (χ1n) is 13.8. The number of aromatic nitrogens is 3. The minimum Gasteiger partial charge on any atom is -0.461 e. The summed E-state index contributed by atoms with van der Waals surface area (Å²) in [5, 5.41) is 11.4. The van der Waals surface area contributed by atoms with Gasteiger partial charge in [-0.25, -0.2) is 9.79 Å². The number of hydrogen-bond acceptors (Lipinski definition) is 9. The molecule has 0 saturated carbocycles. The summed E-state index contributed by atoms with van der Waals surface area (Å²) in [5.41, 5.74) is 4.17. The number of fused-ring (bicyclic) bond motifs is 4. The molecule has 4 heterocycles. The molecule has 42 heavy (non-hydrogen) atoms. The van der Waals surface area contributed by atoms with Crippen LogP contribution in [0.15, 0.2) is 83.4 Å². The van der Waals surface area contributed by atoms with E-state index in [4.69, 9.17) is 9.73 Å². The normalized spacial score (nSPS) is 16.7. The first-order chi connectivity index (χ1) is 20.5. The van der Waals surface area contributed by atoms with Gasteiger partial charge in [0.15, 0.2) is 10.9 Å². The van der Waals surface area contributed by atoms with Gasteiger partial charge in [0.2, 0.25) is 0 Å². The molecule has 2 aliphatic rings. The molecule has 2 aromatic heterocycles. The van der Waals surface area contributed by atoms with Gasteiger partial charge >= 0.3 is 5.97 Å². The quantitative estimate of drug-likeness (QED) is 0.202. The van der Waals surface area contributed by atoms with Crippen LogP contribution in [0.3, 0.4) is 0 Å². The molecule has 0 amide bonds. The van der Waals surface area contributed by atoms with Gasteiger partial charge in [0.05, 0.1) is 30.5 Å². The number of carbonyl (C=O) groups is 2. The molecule has 210 valence electrons. The molecule has 0 spiro atoms. The Kier molecular flexibility index (Phi) is 6.87. The number of aliphatic imine (C=N–C) groups is 1. The Morgan fingerprint density at radius 1 is 1.00 bits per heavy atom. The number of hydrogen-bond donors (Lipinski definition) is 0. The molecule has 5 aromatic rings. The first kappa shape index (κ1) is 26.6. The lowest BCUT2D eigenvalue weighted by molar-refractivity contribution is 0.0518. The van der Waals surface area contributed by atoms with Crippen molar-refractivity contribution in [2.24, 2.45) is 4.99 Å². The third kappa shape index (κ3) is 4.51. The SMILES string of the molecule is CCOC(=O)c1nnn(C(=O)CC2=C(c3ccc4sc5ccccc5c4c3)N=C3SCCN3C2c2ccccc2)c1C. The molecule has 1 atom stereocenters. The smallest absolute Gasteiger partial charge is 0.360 e. The van der Waals surface area contributed by atoms with Gasteiger partial charge in [0.25, 0.3) is 5.91 Å². The maximum Gasteiger partial charge on any atom is 0.360 e. The Morgan fingerprint density at radius 2 is 1.79 bits per heavy atom. The highest BCUT2D eigenvalue weighted by molar-refractivity contribution is 8.14. The van der Waals surface area contributed by atoms with Gasteiger partial charge < -0.3 is 9.64 Å². The summed E-state index contributed by atoms with van der Waals surface area (Å²) >= 11 is 3.52. The molecule has 10 heteroatoms. The van der Waals surface area contributed by atoms with Gasteiger partial charge in [-0.15, -0.1) is 16.4 Å². The molecule has 0 N–H and O–H groups in total. The third-order valence-electron chi connectivity index (χ3n) is 7.67. The molecule has 3 aromatic carbocycles. The number of amidine groups is 1. The van der Waals surface area contributed by atoms with Crippen molar-refractivity contribution in [1.29, 1.82) is 0 Å². The van der Waals surface area contributed by atoms with Crippen molar-refractivity contribution in [3.8, 4) is 0 Å². The number of thioether (sulfide) groups is 1. The van der Waals surface area contributed by atoms with Gasteiger partial charge in [0.1, 0.15) is 0 Å². The second-order valence-electron chi connectivity index (χ2n) is 10.2. The molecule has 0 radical (unpaired) electrons. The van der Waals surface area contributed by atoms with Gasteiger partial charge in [0, 0.05) is 38.0 Å². The topological polar surface area (TPSA) is 89.7 Å². The van der Waals surface area contributed by atoms with Gasteiger partial charge in [-0.05, 0) is 43.2 Å². The fourth-order valence-corrected chi connectivity index (χ4v) is 7.82. The molecular weight excluding hydrogens is 567 g/mol. The van der Waals surface area contributed by atoms with Crippen LogP contribution in [0.4, 0.5) is 0 Å². The van der Waals surface area contributed by atoms with Crippen LogP contribution >= 0.6 is 23.1 Å². The second kappa shape index (κ2) is 10.8. The van der Waals surface area contributed by atoms with Gasteiger partial charge in [-0.3, -0.25) is 4.79 Å². The average molecular weight is 594 g/mol. The number of benzene rings is 3. The van der Waals surface area contributed by atoms with Crippen molar-refractivity contribution >= 4 is 66.0 Å². The number of rotatable bonds is 6. The summed E-state index contributed by atoms with van der Waals surface area (Å²) in [4.78, 5) is 33.8. The van der Waals surface area contributed by atoms with E-state index in [1.54, 1.807) is 36.9 Å². The number of nitrogens with zero attached hydrogens (tertiary/aromatic N) is 5. The van der Waals surface area contributed by atoms with E-state index in [9.17, 15) is 9.59 Å². The van der Waals surface area contributed by atoms with Crippen LogP contribution in [0, 0.1) is 6.92 Å². The number of carbonyl (C=O) groups excluding carboxylic acids is 2. The molecule has 8 nitrogen and oxygen atoms in total. The van der Waals surface area contributed by atoms with E-state index in [1.165, 1.54) is 24.9 Å². The van der Waals surface area contributed by atoms with Crippen molar-refractivity contribution in [1.82, 2.24) is 19.9 Å². The third-order valence-corrected chi connectivity index (χ3v) is 9.79. The predicted molar refractivity (Wildman–Crippen MR) is 168 cm³/mol. The Bertz CT molecular complexity index is 1920. The first-order valence-corrected chi connectivity index (χ1v) is 15.6. The van der Waals surface area contributed by atoms with Crippen LogP contribution in [0.1, 0.15) is 51.5 Å². The van der Waals surface area contributed by atoms with Crippen LogP contribution in [-0.4, -0.2) is 55.8 Å². The largest absolute Gasteiger partial charge is 0.461 e. The fraction of sp³-hybridized carbons (Fsp3) is 0.219. The zero-order valence-electron chi connectivity index (χ0n) is 23.1. The Labute approximate surface area is 250 Å². The van der Waals surface area contributed by atoms with E-state index in [1.807, 2.05) is 18.2 Å². The Balaban J connectivity index is 1.39. The molecular formula is C32H27N5O3S2. The zero-order valence-corrected chi connectivity index (χ0v) is 24.7. The molecule has 0 aliphatic carbocycles. The van der Waals surface area contributed by atoms with Crippen molar-refractivity contribution in [2.45, 2.75) is 26.3 Å². The summed E-state index contributed by atoms with van der Waals surface area (Å²) < 4.78 is 8.77. The zero-order chi connectivity index (χ0) is 28.8. The van der Waals surface area contributed by atoms with E-state index in [-0.39, 0.29) is 30.7 Å². The van der Waals surface area contributed by atoms with Crippen LogP contribution in [-0.2, 0) is 4.74 Å². The van der Waals surface area contributed by atoms with Crippen molar-refractivity contribution in [2.75, 3.05) is 18.9 Å². The maximum absolute atomic E-state index is 13.9. The minimum atomic E-state index is -0.589. The second-order valence-corrected chi connectivity index (χ2v) is 12.3. The molecule has 1 saturated heterocycles. The highest BCUT2D eigenvalue weighted by Crippen LogP contribution is 2.45. The number of thiophene rings is 1. The Hall–Kier alpha value is -4.28. The van der Waals surface area contributed by atoms with E-state index >= 15 is 0 Å². The molecule has 0 bridgehead atoms.